The molecule has 0 saturated heterocycles. The van der Waals surface area contributed by atoms with Crippen LogP contribution in [-0.2, 0) is 20.7 Å². The average Bonchev–Trinajstić information content (AvgIpc) is 2.86. The minimum absolute atomic E-state index is 0.0961. The lowest BCUT2D eigenvalue weighted by Crippen LogP contribution is -2.44. The molecule has 0 aliphatic heterocycles. The molecule has 1 heterocycles. The maximum atomic E-state index is 13.6. The van der Waals surface area contributed by atoms with Crippen LogP contribution in [0.3, 0.4) is 0 Å². The predicted octanol–water partition coefficient (Wildman–Crippen LogP) is 2.53. The van der Waals surface area contributed by atoms with Crippen molar-refractivity contribution < 1.29 is 18.3 Å². The smallest absolute Gasteiger partial charge is 0.473 e. The van der Waals surface area contributed by atoms with Gasteiger partial charge in [-0.05, 0) is 31.5 Å². The van der Waals surface area contributed by atoms with Gasteiger partial charge >= 0.3 is 5.69 Å². The molecule has 0 saturated carbocycles. The molecular weight excluding hydrogens is 354 g/mol. The van der Waals surface area contributed by atoms with E-state index >= 15 is 0 Å². The van der Waals surface area contributed by atoms with Crippen molar-refractivity contribution in [3.8, 4) is 11.4 Å². The number of halogens is 2. The summed E-state index contributed by atoms with van der Waals surface area (Å²) in [4.78, 5) is 13.7. The number of hydrogen-bond acceptors (Lipinski definition) is 3. The van der Waals surface area contributed by atoms with Gasteiger partial charge in [0.05, 0.1) is 0 Å². The van der Waals surface area contributed by atoms with Crippen LogP contribution in [0.5, 0.6) is 5.75 Å². The molecular formula is C19H21F2N4O2+. The lowest BCUT2D eigenvalue weighted by Gasteiger charge is -2.15. The average molecular weight is 375 g/mol. The Hall–Kier alpha value is -3.03. The van der Waals surface area contributed by atoms with Gasteiger partial charge in [0.2, 0.25) is 0 Å². The van der Waals surface area contributed by atoms with E-state index in [1.54, 1.807) is 13.1 Å². The predicted molar refractivity (Wildman–Crippen MR) is 95.2 cm³/mol. The van der Waals surface area contributed by atoms with E-state index in [2.05, 4.69) is 5.21 Å². The van der Waals surface area contributed by atoms with Gasteiger partial charge in [-0.25, -0.2) is 13.6 Å². The highest BCUT2D eigenvalue weighted by atomic mass is 19.3. The molecule has 0 bridgehead atoms. The highest BCUT2D eigenvalue weighted by Crippen LogP contribution is 2.29. The second kappa shape index (κ2) is 7.30. The molecule has 0 atom stereocenters. The van der Waals surface area contributed by atoms with Crippen molar-refractivity contribution in [2.24, 2.45) is 14.1 Å². The van der Waals surface area contributed by atoms with Crippen LogP contribution in [-0.4, -0.2) is 14.6 Å². The first kappa shape index (κ1) is 18.8. The fourth-order valence-electron chi connectivity index (χ4n) is 3.06. The quantitative estimate of drug-likeness (QED) is 0.644. The second-order valence-corrected chi connectivity index (χ2v) is 6.40. The lowest BCUT2D eigenvalue weighted by molar-refractivity contribution is -0.801. The maximum Gasteiger partial charge on any atom is 0.473 e. The Morgan fingerprint density at radius 1 is 1.22 bits per heavy atom. The Labute approximate surface area is 155 Å². The van der Waals surface area contributed by atoms with Gasteiger partial charge in [-0.2, -0.15) is 0 Å². The molecule has 3 aromatic rings. The van der Waals surface area contributed by atoms with Gasteiger partial charge in [0.25, 0.3) is 6.43 Å². The van der Waals surface area contributed by atoms with Gasteiger partial charge in [0.15, 0.2) is 0 Å². The molecule has 0 N–H and O–H groups in total. The molecule has 8 heteroatoms. The first-order valence-electron chi connectivity index (χ1n) is 8.42. The summed E-state index contributed by atoms with van der Waals surface area (Å²) in [6, 6.07) is 10.1. The first-order chi connectivity index (χ1) is 12.8. The van der Waals surface area contributed by atoms with Crippen LogP contribution in [0.15, 0.2) is 41.2 Å². The first-order valence-corrected chi connectivity index (χ1v) is 8.42. The summed E-state index contributed by atoms with van der Waals surface area (Å²) in [7, 11) is 3.08. The van der Waals surface area contributed by atoms with E-state index in [9.17, 15) is 13.6 Å². The number of hydrogen-bond donors (Lipinski definition) is 0. The number of benzene rings is 2. The highest BCUT2D eigenvalue weighted by Gasteiger charge is 2.24. The Kier molecular flexibility index (Phi) is 5.07. The van der Waals surface area contributed by atoms with E-state index in [1.807, 2.05) is 32.0 Å². The molecule has 0 fully saturated rings. The molecule has 27 heavy (non-hydrogen) atoms. The normalized spacial score (nSPS) is 11.2. The Morgan fingerprint density at radius 2 is 1.96 bits per heavy atom. The number of aryl methyl sites for hydroxylation is 4. The van der Waals surface area contributed by atoms with Crippen molar-refractivity contribution in [3.05, 3.63) is 69.1 Å². The monoisotopic (exact) mass is 375 g/mol. The molecule has 0 aliphatic carbocycles. The topological polar surface area (TPSA) is 52.9 Å². The molecule has 2 aromatic carbocycles. The molecule has 0 aliphatic rings. The summed E-state index contributed by atoms with van der Waals surface area (Å²) in [5.41, 5.74) is 1.96. The minimum atomic E-state index is -2.69. The van der Waals surface area contributed by atoms with E-state index in [1.165, 1.54) is 28.7 Å². The van der Waals surface area contributed by atoms with Crippen molar-refractivity contribution in [3.63, 3.8) is 0 Å². The number of alkyl halides is 2. The van der Waals surface area contributed by atoms with Gasteiger partial charge in [0, 0.05) is 11.1 Å². The van der Waals surface area contributed by atoms with Crippen molar-refractivity contribution in [1.29, 1.82) is 0 Å². The maximum absolute atomic E-state index is 13.6. The Balaban J connectivity index is 2.08. The summed E-state index contributed by atoms with van der Waals surface area (Å²) in [6.45, 7) is 3.77. The van der Waals surface area contributed by atoms with E-state index in [4.69, 9.17) is 4.74 Å². The summed E-state index contributed by atoms with van der Waals surface area (Å²) in [6.07, 6.45) is -2.69. The van der Waals surface area contributed by atoms with Gasteiger partial charge in [0.1, 0.15) is 37.4 Å². The fourth-order valence-corrected chi connectivity index (χ4v) is 3.06. The number of nitrogens with zero attached hydrogens (tertiary/aromatic N) is 4. The number of ether oxygens (including phenoxy) is 1. The Bertz CT molecular complexity index is 1040. The highest BCUT2D eigenvalue weighted by molar-refractivity contribution is 5.46. The summed E-state index contributed by atoms with van der Waals surface area (Å²) in [5, 5.41) is 4.00. The van der Waals surface area contributed by atoms with Crippen molar-refractivity contribution >= 4 is 0 Å². The van der Waals surface area contributed by atoms with Crippen molar-refractivity contribution in [1.82, 2.24) is 14.6 Å². The van der Waals surface area contributed by atoms with Crippen LogP contribution in [0.25, 0.3) is 5.69 Å². The van der Waals surface area contributed by atoms with Crippen LogP contribution < -0.4 is 15.2 Å². The zero-order valence-corrected chi connectivity index (χ0v) is 15.6. The second-order valence-electron chi connectivity index (χ2n) is 6.40. The van der Waals surface area contributed by atoms with Crippen LogP contribution >= 0.6 is 0 Å². The molecule has 3 rings (SSSR count). The minimum Gasteiger partial charge on any atom is -0.489 e. The van der Waals surface area contributed by atoms with E-state index in [0.717, 1.165) is 15.8 Å². The van der Waals surface area contributed by atoms with Crippen LogP contribution in [0.2, 0.25) is 0 Å². The number of aromatic nitrogens is 4. The zero-order chi connectivity index (χ0) is 19.7. The largest absolute Gasteiger partial charge is 0.489 e. The van der Waals surface area contributed by atoms with Crippen molar-refractivity contribution in [2.45, 2.75) is 26.9 Å². The van der Waals surface area contributed by atoms with Crippen LogP contribution in [0.1, 0.15) is 28.7 Å². The number of rotatable bonds is 5. The lowest BCUT2D eigenvalue weighted by atomic mass is 10.1. The van der Waals surface area contributed by atoms with E-state index < -0.39 is 12.1 Å². The molecule has 0 amide bonds. The van der Waals surface area contributed by atoms with Gasteiger partial charge < -0.3 is 4.74 Å². The van der Waals surface area contributed by atoms with Gasteiger partial charge in [-0.15, -0.1) is 0 Å². The van der Waals surface area contributed by atoms with E-state index in [0.29, 0.717) is 11.4 Å². The SMILES string of the molecule is Cc1ccc(OCc2c(C(F)F)cccc2-n2c(=O)n(C)n[n+]2C)c(C)c1. The zero-order valence-electron chi connectivity index (χ0n) is 15.6. The summed E-state index contributed by atoms with van der Waals surface area (Å²) >= 11 is 0. The van der Waals surface area contributed by atoms with Crippen LogP contribution in [0.4, 0.5) is 8.78 Å². The molecule has 1 aromatic heterocycles. The third kappa shape index (κ3) is 3.60. The molecule has 6 nitrogen and oxygen atoms in total. The van der Waals surface area contributed by atoms with Crippen molar-refractivity contribution in [2.75, 3.05) is 0 Å². The summed E-state index contributed by atoms with van der Waals surface area (Å²) in [5.74, 6) is 0.610. The third-order valence-corrected chi connectivity index (χ3v) is 4.36. The summed E-state index contributed by atoms with van der Waals surface area (Å²) < 4.78 is 35.5. The molecule has 0 radical (unpaired) electrons. The van der Waals surface area contributed by atoms with Gasteiger partial charge in [-0.3, -0.25) is 0 Å². The molecule has 0 spiro atoms. The molecule has 0 unspecified atom stereocenters. The van der Waals surface area contributed by atoms with Crippen LogP contribution in [0, 0.1) is 13.8 Å². The third-order valence-electron chi connectivity index (χ3n) is 4.36. The fraction of sp³-hybridized carbons (Fsp3) is 0.316. The molecule has 142 valence electrons. The van der Waals surface area contributed by atoms with Gasteiger partial charge in [-0.1, -0.05) is 44.0 Å². The standard InChI is InChI=1S/C19H21F2N4O2/c1-12-8-9-17(13(2)10-12)27-11-15-14(18(20)21)6-5-7-16(15)25-19(26)23(3)22-24(25)4/h5-10,18H,11H2,1-4H3/q+1. The van der Waals surface area contributed by atoms with E-state index in [-0.39, 0.29) is 17.7 Å². The Morgan fingerprint density at radius 3 is 2.56 bits per heavy atom. The number of tetrazole rings is 1.